The molecule has 1 atom stereocenters. The minimum Gasteiger partial charge on any atom is -0.391 e. The van der Waals surface area contributed by atoms with Crippen molar-refractivity contribution in [3.8, 4) is 0 Å². The zero-order chi connectivity index (χ0) is 19.1. The summed E-state index contributed by atoms with van der Waals surface area (Å²) in [5.74, 6) is 1.12. The minimum absolute atomic E-state index is 0.171. The van der Waals surface area contributed by atoms with E-state index in [1.54, 1.807) is 14.0 Å². The molecule has 0 amide bonds. The second-order valence-electron chi connectivity index (χ2n) is 7.23. The molecule has 7 nitrogen and oxygen atoms in total. The van der Waals surface area contributed by atoms with E-state index in [9.17, 15) is 9.90 Å². The highest BCUT2D eigenvalue weighted by Gasteiger charge is 2.26. The highest BCUT2D eigenvalue weighted by Crippen LogP contribution is 2.19. The van der Waals surface area contributed by atoms with Crippen LogP contribution in [0.5, 0.6) is 0 Å². The number of aryl methyl sites for hydroxylation is 1. The van der Waals surface area contributed by atoms with E-state index in [-0.39, 0.29) is 5.56 Å². The largest absolute Gasteiger partial charge is 0.391 e. The Morgan fingerprint density at radius 1 is 1.23 bits per heavy atom. The fourth-order valence-corrected chi connectivity index (χ4v) is 2.73. The number of aromatic nitrogens is 4. The van der Waals surface area contributed by atoms with Crippen LogP contribution < -0.4 is 10.9 Å². The predicted molar refractivity (Wildman–Crippen MR) is 102 cm³/mol. The standard InChI is InChI=1S/C19H25N5O2/c1-12(25)19(3,4)22-18-21-16-15(17(26)23(18)5)24(13(2)20-16)11-14-9-7-6-8-10-14/h6-10,12,25H,11H2,1-5H3,(H,21,22). The molecule has 0 aliphatic carbocycles. The number of imidazole rings is 1. The molecule has 2 aromatic heterocycles. The molecular formula is C19H25N5O2. The number of nitrogens with zero attached hydrogens (tertiary/aromatic N) is 4. The van der Waals surface area contributed by atoms with Gasteiger partial charge in [0.1, 0.15) is 5.82 Å². The van der Waals surface area contributed by atoms with E-state index >= 15 is 0 Å². The van der Waals surface area contributed by atoms with E-state index in [4.69, 9.17) is 0 Å². The van der Waals surface area contributed by atoms with Crippen molar-refractivity contribution in [3.05, 3.63) is 52.1 Å². The quantitative estimate of drug-likeness (QED) is 0.732. The summed E-state index contributed by atoms with van der Waals surface area (Å²) in [5, 5.41) is 13.1. The number of hydrogen-bond donors (Lipinski definition) is 2. The van der Waals surface area contributed by atoms with E-state index in [0.717, 1.165) is 11.4 Å². The predicted octanol–water partition coefficient (Wildman–Crippen LogP) is 2.06. The molecule has 0 fully saturated rings. The van der Waals surface area contributed by atoms with E-state index in [1.165, 1.54) is 4.57 Å². The summed E-state index contributed by atoms with van der Waals surface area (Å²) < 4.78 is 3.36. The van der Waals surface area contributed by atoms with Crippen molar-refractivity contribution in [2.75, 3.05) is 5.32 Å². The zero-order valence-electron chi connectivity index (χ0n) is 15.8. The molecule has 138 valence electrons. The monoisotopic (exact) mass is 355 g/mol. The number of fused-ring (bicyclic) bond motifs is 1. The SMILES string of the molecule is Cc1nc2nc(NC(C)(C)C(C)O)n(C)c(=O)c2n1Cc1ccccc1. The molecular weight excluding hydrogens is 330 g/mol. The van der Waals surface area contributed by atoms with Gasteiger partial charge in [-0.15, -0.1) is 0 Å². The third-order valence-electron chi connectivity index (χ3n) is 4.84. The molecule has 0 saturated carbocycles. The van der Waals surface area contributed by atoms with Crippen LogP contribution in [0.2, 0.25) is 0 Å². The molecule has 2 N–H and O–H groups in total. The Morgan fingerprint density at radius 3 is 2.50 bits per heavy atom. The van der Waals surface area contributed by atoms with Crippen molar-refractivity contribution in [3.63, 3.8) is 0 Å². The Bertz CT molecular complexity index is 987. The van der Waals surface area contributed by atoms with Gasteiger partial charge in [-0.1, -0.05) is 30.3 Å². The first-order chi connectivity index (χ1) is 12.2. The molecule has 1 aromatic carbocycles. The van der Waals surface area contributed by atoms with Gasteiger partial charge in [-0.3, -0.25) is 9.36 Å². The molecule has 7 heteroatoms. The molecule has 0 spiro atoms. The van der Waals surface area contributed by atoms with Gasteiger partial charge < -0.3 is 15.0 Å². The van der Waals surface area contributed by atoms with Crippen LogP contribution in [0.3, 0.4) is 0 Å². The van der Waals surface area contributed by atoms with E-state index in [0.29, 0.717) is 23.7 Å². The van der Waals surface area contributed by atoms with Crippen molar-refractivity contribution in [1.82, 2.24) is 19.1 Å². The lowest BCUT2D eigenvalue weighted by Crippen LogP contribution is -2.43. The van der Waals surface area contributed by atoms with Crippen LogP contribution in [0.15, 0.2) is 35.1 Å². The summed E-state index contributed by atoms with van der Waals surface area (Å²) in [7, 11) is 1.67. The van der Waals surface area contributed by atoms with Crippen LogP contribution >= 0.6 is 0 Å². The first-order valence-electron chi connectivity index (χ1n) is 8.64. The Morgan fingerprint density at radius 2 is 1.88 bits per heavy atom. The average Bonchev–Trinajstić information content (AvgIpc) is 2.88. The number of benzene rings is 1. The van der Waals surface area contributed by atoms with E-state index in [1.807, 2.05) is 55.7 Å². The Hall–Kier alpha value is -2.67. The third-order valence-corrected chi connectivity index (χ3v) is 4.84. The summed E-state index contributed by atoms with van der Waals surface area (Å²) in [6.07, 6.45) is -0.618. The molecule has 0 aliphatic rings. The maximum absolute atomic E-state index is 13.0. The maximum Gasteiger partial charge on any atom is 0.280 e. The van der Waals surface area contributed by atoms with Gasteiger partial charge >= 0.3 is 0 Å². The normalized spacial score (nSPS) is 13.2. The number of aliphatic hydroxyl groups is 1. The third kappa shape index (κ3) is 3.22. The van der Waals surface area contributed by atoms with E-state index in [2.05, 4.69) is 15.3 Å². The van der Waals surface area contributed by atoms with Crippen LogP contribution in [0.1, 0.15) is 32.2 Å². The van der Waals surface area contributed by atoms with Crippen molar-refractivity contribution in [2.24, 2.45) is 7.05 Å². The van der Waals surface area contributed by atoms with Gasteiger partial charge in [0.2, 0.25) is 5.95 Å². The molecule has 0 saturated heterocycles. The number of aliphatic hydroxyl groups excluding tert-OH is 1. The van der Waals surface area contributed by atoms with Crippen molar-refractivity contribution < 1.29 is 5.11 Å². The van der Waals surface area contributed by atoms with Gasteiger partial charge in [-0.05, 0) is 33.3 Å². The minimum atomic E-state index is -0.632. The summed E-state index contributed by atoms with van der Waals surface area (Å²) >= 11 is 0. The fourth-order valence-electron chi connectivity index (χ4n) is 2.73. The van der Waals surface area contributed by atoms with Gasteiger partial charge in [0.15, 0.2) is 11.2 Å². The second-order valence-corrected chi connectivity index (χ2v) is 7.23. The first-order valence-corrected chi connectivity index (χ1v) is 8.64. The van der Waals surface area contributed by atoms with Crippen LogP contribution in [0.4, 0.5) is 5.95 Å². The molecule has 3 aromatic rings. The molecule has 3 rings (SSSR count). The van der Waals surface area contributed by atoms with Crippen molar-refractivity contribution in [1.29, 1.82) is 0 Å². The second kappa shape index (κ2) is 6.57. The van der Waals surface area contributed by atoms with Gasteiger partial charge in [0.05, 0.1) is 11.6 Å². The number of nitrogens with one attached hydrogen (secondary N) is 1. The Labute approximate surface area is 152 Å². The van der Waals surface area contributed by atoms with Crippen LogP contribution in [0.25, 0.3) is 11.2 Å². The number of hydrogen-bond acceptors (Lipinski definition) is 5. The van der Waals surface area contributed by atoms with Crippen molar-refractivity contribution in [2.45, 2.75) is 45.9 Å². The topological polar surface area (TPSA) is 85.0 Å². The van der Waals surface area contributed by atoms with Crippen molar-refractivity contribution >= 4 is 17.1 Å². The average molecular weight is 355 g/mol. The lowest BCUT2D eigenvalue weighted by atomic mass is 9.99. The number of rotatable bonds is 5. The lowest BCUT2D eigenvalue weighted by molar-refractivity contribution is 0.132. The van der Waals surface area contributed by atoms with Crippen LogP contribution in [-0.2, 0) is 13.6 Å². The Kier molecular flexibility index (Phi) is 4.58. The molecule has 1 unspecified atom stereocenters. The van der Waals surface area contributed by atoms with Gasteiger partial charge in [-0.25, -0.2) is 4.98 Å². The molecule has 2 heterocycles. The maximum atomic E-state index is 13.0. The molecule has 0 aliphatic heterocycles. The molecule has 0 bridgehead atoms. The molecule has 0 radical (unpaired) electrons. The fraction of sp³-hybridized carbons (Fsp3) is 0.421. The zero-order valence-corrected chi connectivity index (χ0v) is 15.8. The molecule has 26 heavy (non-hydrogen) atoms. The summed E-state index contributed by atoms with van der Waals surface area (Å²) in [6, 6.07) is 9.94. The number of anilines is 1. The summed E-state index contributed by atoms with van der Waals surface area (Å²) in [5.41, 5.74) is 1.18. The van der Waals surface area contributed by atoms with Crippen LogP contribution in [0, 0.1) is 6.92 Å². The van der Waals surface area contributed by atoms with E-state index < -0.39 is 11.6 Å². The smallest absolute Gasteiger partial charge is 0.280 e. The van der Waals surface area contributed by atoms with Gasteiger partial charge in [0, 0.05) is 13.6 Å². The van der Waals surface area contributed by atoms with Gasteiger partial charge in [0.25, 0.3) is 5.56 Å². The summed E-state index contributed by atoms with van der Waals surface area (Å²) in [6.45, 7) is 7.84. The lowest BCUT2D eigenvalue weighted by Gasteiger charge is -2.30. The van der Waals surface area contributed by atoms with Crippen LogP contribution in [-0.4, -0.2) is 35.9 Å². The first kappa shape index (κ1) is 18.1. The van der Waals surface area contributed by atoms with Gasteiger partial charge in [-0.2, -0.15) is 4.98 Å². The highest BCUT2D eigenvalue weighted by atomic mass is 16.3. The summed E-state index contributed by atoms with van der Waals surface area (Å²) in [4.78, 5) is 22.0. The Balaban J connectivity index is 2.10. The highest BCUT2D eigenvalue weighted by molar-refractivity contribution is 5.72.